The lowest BCUT2D eigenvalue weighted by Crippen LogP contribution is -2.21. The number of methoxy groups -OCH3 is 1. The van der Waals surface area contributed by atoms with Crippen molar-refractivity contribution >= 4 is 5.69 Å². The zero-order valence-corrected chi connectivity index (χ0v) is 10.3. The van der Waals surface area contributed by atoms with Gasteiger partial charge in [-0.1, -0.05) is 0 Å². The summed E-state index contributed by atoms with van der Waals surface area (Å²) in [5.41, 5.74) is 1.86. The lowest BCUT2D eigenvalue weighted by molar-refractivity contribution is 0.179. The van der Waals surface area contributed by atoms with E-state index in [-0.39, 0.29) is 12.1 Å². The summed E-state index contributed by atoms with van der Waals surface area (Å²) in [4.78, 5) is 4.16. The lowest BCUT2D eigenvalue weighted by Gasteiger charge is -2.18. The minimum absolute atomic E-state index is 0.190. The summed E-state index contributed by atoms with van der Waals surface area (Å²) in [6.45, 7) is 5.75. The Morgan fingerprint density at radius 2 is 2.19 bits per heavy atom. The molecule has 1 rings (SSSR count). The maximum Gasteiger partial charge on any atom is 0.160 e. The molecule has 2 atom stereocenters. The summed E-state index contributed by atoms with van der Waals surface area (Å²) in [5, 5.41) is 12.6. The van der Waals surface area contributed by atoms with E-state index in [0.717, 1.165) is 17.1 Å². The fourth-order valence-electron chi connectivity index (χ4n) is 1.66. The summed E-state index contributed by atoms with van der Waals surface area (Å²) >= 11 is 0. The molecule has 2 unspecified atom stereocenters. The second kappa shape index (κ2) is 5.70. The van der Waals surface area contributed by atoms with Gasteiger partial charge in [0.1, 0.15) is 0 Å². The summed E-state index contributed by atoms with van der Waals surface area (Å²) in [5.74, 6) is 0.725. The SMILES string of the molecule is COc1cnc(C)cc1NC(C)CC(C)O. The fourth-order valence-corrected chi connectivity index (χ4v) is 1.66. The zero-order chi connectivity index (χ0) is 12.1. The topological polar surface area (TPSA) is 54.4 Å². The highest BCUT2D eigenvalue weighted by atomic mass is 16.5. The molecule has 4 heteroatoms. The van der Waals surface area contributed by atoms with Crippen molar-refractivity contribution in [3.8, 4) is 5.75 Å². The standard InChI is InChI=1S/C12H20N2O2/c1-8-6-11(12(16-4)7-13-8)14-9(2)5-10(3)15/h6-7,9-10,15H,5H2,1-4H3,(H,13,14). The van der Waals surface area contributed by atoms with Crippen LogP contribution in [0.4, 0.5) is 5.69 Å². The maximum atomic E-state index is 9.30. The molecule has 0 amide bonds. The summed E-state index contributed by atoms with van der Waals surface area (Å²) < 4.78 is 5.22. The Morgan fingerprint density at radius 1 is 1.50 bits per heavy atom. The molecule has 1 aromatic rings. The van der Waals surface area contributed by atoms with E-state index in [4.69, 9.17) is 4.74 Å². The predicted octanol–water partition coefficient (Wildman–Crippen LogP) is 1.97. The molecule has 0 aromatic carbocycles. The first-order chi connectivity index (χ1) is 7.52. The molecule has 1 heterocycles. The van der Waals surface area contributed by atoms with Crippen molar-refractivity contribution < 1.29 is 9.84 Å². The normalized spacial score (nSPS) is 14.3. The molecule has 0 aliphatic heterocycles. The molecule has 0 aliphatic rings. The Hall–Kier alpha value is -1.29. The molecule has 0 radical (unpaired) electrons. The van der Waals surface area contributed by atoms with Crippen molar-refractivity contribution in [2.45, 2.75) is 39.3 Å². The lowest BCUT2D eigenvalue weighted by atomic mass is 10.1. The molecule has 0 spiro atoms. The summed E-state index contributed by atoms with van der Waals surface area (Å²) in [6, 6.07) is 2.13. The Morgan fingerprint density at radius 3 is 2.75 bits per heavy atom. The van der Waals surface area contributed by atoms with Gasteiger partial charge in [-0.2, -0.15) is 0 Å². The number of aliphatic hydroxyl groups excluding tert-OH is 1. The van der Waals surface area contributed by atoms with Crippen LogP contribution in [0.2, 0.25) is 0 Å². The van der Waals surface area contributed by atoms with Crippen LogP contribution in [0.1, 0.15) is 26.0 Å². The van der Waals surface area contributed by atoms with Crippen LogP contribution < -0.4 is 10.1 Å². The molecule has 1 aromatic heterocycles. The smallest absolute Gasteiger partial charge is 0.160 e. The van der Waals surface area contributed by atoms with Gasteiger partial charge < -0.3 is 15.2 Å². The molecule has 0 saturated heterocycles. The highest BCUT2D eigenvalue weighted by Gasteiger charge is 2.09. The van der Waals surface area contributed by atoms with E-state index in [1.165, 1.54) is 0 Å². The fraction of sp³-hybridized carbons (Fsp3) is 0.583. The third-order valence-corrected chi connectivity index (χ3v) is 2.32. The van der Waals surface area contributed by atoms with Gasteiger partial charge in [-0.05, 0) is 33.3 Å². The van der Waals surface area contributed by atoms with E-state index in [1.807, 2.05) is 19.9 Å². The molecule has 90 valence electrons. The Kier molecular flexibility index (Phi) is 4.55. The van der Waals surface area contributed by atoms with E-state index in [9.17, 15) is 5.11 Å². The van der Waals surface area contributed by atoms with Crippen molar-refractivity contribution in [2.24, 2.45) is 0 Å². The quantitative estimate of drug-likeness (QED) is 0.803. The number of aliphatic hydroxyl groups is 1. The monoisotopic (exact) mass is 224 g/mol. The second-order valence-corrected chi connectivity index (χ2v) is 4.16. The minimum atomic E-state index is -0.309. The number of hydrogen-bond donors (Lipinski definition) is 2. The number of anilines is 1. The van der Waals surface area contributed by atoms with Crippen LogP contribution in [-0.4, -0.2) is 29.3 Å². The van der Waals surface area contributed by atoms with E-state index in [0.29, 0.717) is 6.42 Å². The van der Waals surface area contributed by atoms with Crippen molar-refractivity contribution in [1.29, 1.82) is 0 Å². The van der Waals surface area contributed by atoms with Crippen LogP contribution in [0.25, 0.3) is 0 Å². The van der Waals surface area contributed by atoms with Gasteiger partial charge in [-0.15, -0.1) is 0 Å². The Bertz CT molecular complexity index is 340. The van der Waals surface area contributed by atoms with Crippen LogP contribution >= 0.6 is 0 Å². The second-order valence-electron chi connectivity index (χ2n) is 4.16. The van der Waals surface area contributed by atoms with E-state index >= 15 is 0 Å². The third-order valence-electron chi connectivity index (χ3n) is 2.32. The highest BCUT2D eigenvalue weighted by molar-refractivity contribution is 5.56. The molecule has 0 bridgehead atoms. The highest BCUT2D eigenvalue weighted by Crippen LogP contribution is 2.24. The van der Waals surface area contributed by atoms with Crippen molar-refractivity contribution in [3.63, 3.8) is 0 Å². The molecule has 0 aliphatic carbocycles. The van der Waals surface area contributed by atoms with Crippen molar-refractivity contribution in [3.05, 3.63) is 18.0 Å². The van der Waals surface area contributed by atoms with E-state index in [1.54, 1.807) is 20.2 Å². The van der Waals surface area contributed by atoms with Gasteiger partial charge in [-0.3, -0.25) is 4.98 Å². The number of nitrogens with one attached hydrogen (secondary N) is 1. The van der Waals surface area contributed by atoms with Gasteiger partial charge in [0.05, 0.1) is 25.1 Å². The molecular formula is C12H20N2O2. The Labute approximate surface area is 96.7 Å². The number of rotatable bonds is 5. The largest absolute Gasteiger partial charge is 0.493 e. The molecule has 0 fully saturated rings. The number of aryl methyl sites for hydroxylation is 1. The molecule has 4 nitrogen and oxygen atoms in total. The third kappa shape index (κ3) is 3.70. The van der Waals surface area contributed by atoms with Crippen molar-refractivity contribution in [2.75, 3.05) is 12.4 Å². The minimum Gasteiger partial charge on any atom is -0.493 e. The first-order valence-corrected chi connectivity index (χ1v) is 5.48. The van der Waals surface area contributed by atoms with Crippen LogP contribution in [0.5, 0.6) is 5.75 Å². The van der Waals surface area contributed by atoms with Crippen LogP contribution in [0.3, 0.4) is 0 Å². The van der Waals surface area contributed by atoms with Gasteiger partial charge in [0.25, 0.3) is 0 Å². The number of nitrogens with zero attached hydrogens (tertiary/aromatic N) is 1. The average molecular weight is 224 g/mol. The van der Waals surface area contributed by atoms with Gasteiger partial charge >= 0.3 is 0 Å². The number of ether oxygens (including phenoxy) is 1. The molecule has 0 saturated carbocycles. The van der Waals surface area contributed by atoms with Crippen LogP contribution in [-0.2, 0) is 0 Å². The van der Waals surface area contributed by atoms with E-state index in [2.05, 4.69) is 10.3 Å². The van der Waals surface area contributed by atoms with Gasteiger partial charge in [0.15, 0.2) is 5.75 Å². The summed E-state index contributed by atoms with van der Waals surface area (Å²) in [7, 11) is 1.62. The van der Waals surface area contributed by atoms with Gasteiger partial charge in [-0.25, -0.2) is 0 Å². The summed E-state index contributed by atoms with van der Waals surface area (Å²) in [6.07, 6.45) is 2.09. The van der Waals surface area contributed by atoms with Crippen molar-refractivity contribution in [1.82, 2.24) is 4.98 Å². The number of hydrogen-bond acceptors (Lipinski definition) is 4. The maximum absolute atomic E-state index is 9.30. The Balaban J connectivity index is 2.74. The first-order valence-electron chi connectivity index (χ1n) is 5.48. The van der Waals surface area contributed by atoms with Crippen LogP contribution in [0.15, 0.2) is 12.3 Å². The predicted molar refractivity (Wildman–Crippen MR) is 64.9 cm³/mol. The average Bonchev–Trinajstić information content (AvgIpc) is 2.16. The van der Waals surface area contributed by atoms with E-state index < -0.39 is 0 Å². The zero-order valence-electron chi connectivity index (χ0n) is 10.3. The van der Waals surface area contributed by atoms with Gasteiger partial charge in [0, 0.05) is 11.7 Å². The number of pyridine rings is 1. The molecule has 2 N–H and O–H groups in total. The molecular weight excluding hydrogens is 204 g/mol. The number of aromatic nitrogens is 1. The molecule has 16 heavy (non-hydrogen) atoms. The van der Waals surface area contributed by atoms with Crippen LogP contribution in [0, 0.1) is 6.92 Å². The first kappa shape index (κ1) is 12.8. The van der Waals surface area contributed by atoms with Gasteiger partial charge in [0.2, 0.25) is 0 Å².